The van der Waals surface area contributed by atoms with E-state index >= 15 is 0 Å². The van der Waals surface area contributed by atoms with Gasteiger partial charge in [0.15, 0.2) is 0 Å². The summed E-state index contributed by atoms with van der Waals surface area (Å²) < 4.78 is 5.49. The Labute approximate surface area is 102 Å². The summed E-state index contributed by atoms with van der Waals surface area (Å²) in [6.07, 6.45) is 1.76. The molecule has 16 heavy (non-hydrogen) atoms. The van der Waals surface area contributed by atoms with Crippen molar-refractivity contribution in [2.75, 3.05) is 6.61 Å². The molecule has 0 aliphatic carbocycles. The van der Waals surface area contributed by atoms with Crippen LogP contribution < -0.4 is 10.1 Å². The van der Waals surface area contributed by atoms with Gasteiger partial charge in [0.05, 0.1) is 0 Å². The maximum Gasteiger partial charge on any atom is 0.120 e. The second kappa shape index (κ2) is 7.31. The summed E-state index contributed by atoms with van der Waals surface area (Å²) in [5.74, 6) is 0.873. The predicted molar refractivity (Wildman–Crippen MR) is 68.9 cm³/mol. The van der Waals surface area contributed by atoms with Crippen LogP contribution in [0, 0.1) is 0 Å². The molecule has 0 spiro atoms. The molecule has 0 fully saturated rings. The minimum atomic E-state index is 0.490. The molecule has 0 saturated heterocycles. The lowest BCUT2D eigenvalue weighted by Crippen LogP contribution is -2.21. The lowest BCUT2D eigenvalue weighted by molar-refractivity contribution is 0.362. The van der Waals surface area contributed by atoms with Gasteiger partial charge < -0.3 is 10.1 Å². The molecular formula is C13H18ClNO. The molecule has 0 unspecified atom stereocenters. The normalized spacial score (nSPS) is 11.2. The van der Waals surface area contributed by atoms with Crippen LogP contribution >= 0.6 is 11.6 Å². The maximum absolute atomic E-state index is 5.49. The molecule has 3 heteroatoms. The topological polar surface area (TPSA) is 21.3 Å². The highest BCUT2D eigenvalue weighted by molar-refractivity contribution is 6.25. The zero-order chi connectivity index (χ0) is 11.8. The van der Waals surface area contributed by atoms with E-state index in [0.717, 1.165) is 12.3 Å². The highest BCUT2D eigenvalue weighted by Crippen LogP contribution is 2.13. The highest BCUT2D eigenvalue weighted by atomic mass is 35.5. The van der Waals surface area contributed by atoms with Crippen LogP contribution in [-0.2, 0) is 6.54 Å². The lowest BCUT2D eigenvalue weighted by atomic mass is 10.2. The van der Waals surface area contributed by atoms with Gasteiger partial charge in [-0.05, 0) is 23.8 Å². The van der Waals surface area contributed by atoms with Gasteiger partial charge in [-0.15, -0.1) is 0 Å². The SMILES string of the molecule is CC(C)NCc1cccc(OC/C=C/Cl)c1. The number of ether oxygens (including phenoxy) is 1. The van der Waals surface area contributed by atoms with E-state index in [1.807, 2.05) is 18.2 Å². The van der Waals surface area contributed by atoms with Crippen molar-refractivity contribution < 1.29 is 4.74 Å². The highest BCUT2D eigenvalue weighted by Gasteiger charge is 1.97. The second-order valence-corrected chi connectivity index (χ2v) is 4.11. The van der Waals surface area contributed by atoms with Gasteiger partial charge in [-0.2, -0.15) is 0 Å². The number of benzene rings is 1. The van der Waals surface area contributed by atoms with Crippen LogP contribution in [0.4, 0.5) is 0 Å². The monoisotopic (exact) mass is 239 g/mol. The van der Waals surface area contributed by atoms with Crippen molar-refractivity contribution in [1.29, 1.82) is 0 Å². The maximum atomic E-state index is 5.49. The number of halogens is 1. The third-order valence-electron chi connectivity index (χ3n) is 2.05. The molecule has 0 amide bonds. The first-order valence-corrected chi connectivity index (χ1v) is 5.86. The Balaban J connectivity index is 2.50. The molecule has 0 heterocycles. The first kappa shape index (κ1) is 13.1. The van der Waals surface area contributed by atoms with Gasteiger partial charge in [-0.3, -0.25) is 0 Å². The van der Waals surface area contributed by atoms with Gasteiger partial charge >= 0.3 is 0 Å². The molecule has 1 aromatic rings. The van der Waals surface area contributed by atoms with Crippen LogP contribution in [0.25, 0.3) is 0 Å². The van der Waals surface area contributed by atoms with Crippen LogP contribution in [0.3, 0.4) is 0 Å². The molecule has 2 nitrogen and oxygen atoms in total. The molecule has 0 aromatic heterocycles. The van der Waals surface area contributed by atoms with Crippen molar-refractivity contribution in [2.24, 2.45) is 0 Å². The van der Waals surface area contributed by atoms with Crippen molar-refractivity contribution in [2.45, 2.75) is 26.4 Å². The molecule has 88 valence electrons. The lowest BCUT2D eigenvalue weighted by Gasteiger charge is -2.09. The summed E-state index contributed by atoms with van der Waals surface area (Å²) in [5.41, 5.74) is 2.69. The molecule has 0 saturated carbocycles. The molecule has 0 radical (unpaired) electrons. The zero-order valence-electron chi connectivity index (χ0n) is 9.74. The Morgan fingerprint density at radius 3 is 2.94 bits per heavy atom. The third-order valence-corrected chi connectivity index (χ3v) is 2.23. The van der Waals surface area contributed by atoms with Crippen LogP contribution in [0.5, 0.6) is 5.75 Å². The molecule has 0 aliphatic rings. The second-order valence-electron chi connectivity index (χ2n) is 3.86. The molecule has 0 atom stereocenters. The quantitative estimate of drug-likeness (QED) is 0.823. The van der Waals surface area contributed by atoms with Crippen LogP contribution in [0.15, 0.2) is 35.9 Å². The van der Waals surface area contributed by atoms with Crippen molar-refractivity contribution in [3.05, 3.63) is 41.4 Å². The number of hydrogen-bond donors (Lipinski definition) is 1. The molecule has 1 rings (SSSR count). The van der Waals surface area contributed by atoms with E-state index in [2.05, 4.69) is 25.2 Å². The Morgan fingerprint density at radius 1 is 1.44 bits per heavy atom. The Hall–Kier alpha value is -0.990. The first-order valence-electron chi connectivity index (χ1n) is 5.42. The molecule has 0 bridgehead atoms. The fourth-order valence-corrected chi connectivity index (χ4v) is 1.32. The van der Waals surface area contributed by atoms with Crippen molar-refractivity contribution in [1.82, 2.24) is 5.32 Å². The van der Waals surface area contributed by atoms with Gasteiger partial charge in [0.25, 0.3) is 0 Å². The molecule has 1 N–H and O–H groups in total. The van der Waals surface area contributed by atoms with E-state index in [9.17, 15) is 0 Å². The molecule has 1 aromatic carbocycles. The van der Waals surface area contributed by atoms with Crippen molar-refractivity contribution in [3.63, 3.8) is 0 Å². The summed E-state index contributed by atoms with van der Waals surface area (Å²) in [6.45, 7) is 5.63. The van der Waals surface area contributed by atoms with E-state index in [4.69, 9.17) is 16.3 Å². The largest absolute Gasteiger partial charge is 0.489 e. The van der Waals surface area contributed by atoms with E-state index in [1.54, 1.807) is 6.08 Å². The number of rotatable bonds is 6. The zero-order valence-corrected chi connectivity index (χ0v) is 10.5. The number of hydrogen-bond acceptors (Lipinski definition) is 2. The average molecular weight is 240 g/mol. The Kier molecular flexibility index (Phi) is 5.98. The Bertz CT molecular complexity index is 336. The number of nitrogens with one attached hydrogen (secondary N) is 1. The standard InChI is InChI=1S/C13H18ClNO/c1-11(2)15-10-12-5-3-6-13(9-12)16-8-4-7-14/h3-7,9,11,15H,8,10H2,1-2H3/b7-4+. The van der Waals surface area contributed by atoms with Gasteiger partial charge in [0, 0.05) is 18.1 Å². The minimum Gasteiger partial charge on any atom is -0.489 e. The van der Waals surface area contributed by atoms with Gasteiger partial charge in [-0.1, -0.05) is 37.6 Å². The summed E-state index contributed by atoms with van der Waals surface area (Å²) >= 11 is 5.41. The summed E-state index contributed by atoms with van der Waals surface area (Å²) in [6, 6.07) is 8.55. The third kappa shape index (κ3) is 5.19. The predicted octanol–water partition coefficient (Wildman–Crippen LogP) is 3.32. The summed E-state index contributed by atoms with van der Waals surface area (Å²) in [7, 11) is 0. The fourth-order valence-electron chi connectivity index (χ4n) is 1.25. The van der Waals surface area contributed by atoms with Crippen molar-refractivity contribution >= 4 is 11.6 Å². The minimum absolute atomic E-state index is 0.490. The van der Waals surface area contributed by atoms with Gasteiger partial charge in [0.2, 0.25) is 0 Å². The van der Waals surface area contributed by atoms with E-state index in [1.165, 1.54) is 11.1 Å². The summed E-state index contributed by atoms with van der Waals surface area (Å²) in [4.78, 5) is 0. The average Bonchev–Trinajstić information content (AvgIpc) is 2.27. The van der Waals surface area contributed by atoms with E-state index in [-0.39, 0.29) is 0 Å². The van der Waals surface area contributed by atoms with Crippen LogP contribution in [0.2, 0.25) is 0 Å². The molecular weight excluding hydrogens is 222 g/mol. The van der Waals surface area contributed by atoms with Crippen LogP contribution in [-0.4, -0.2) is 12.6 Å². The van der Waals surface area contributed by atoms with E-state index < -0.39 is 0 Å². The van der Waals surface area contributed by atoms with Gasteiger partial charge in [-0.25, -0.2) is 0 Å². The van der Waals surface area contributed by atoms with Gasteiger partial charge in [0.1, 0.15) is 12.4 Å². The smallest absolute Gasteiger partial charge is 0.120 e. The Morgan fingerprint density at radius 2 is 2.25 bits per heavy atom. The van der Waals surface area contributed by atoms with E-state index in [0.29, 0.717) is 12.6 Å². The van der Waals surface area contributed by atoms with Crippen LogP contribution in [0.1, 0.15) is 19.4 Å². The van der Waals surface area contributed by atoms with Crippen molar-refractivity contribution in [3.8, 4) is 5.75 Å². The fraction of sp³-hybridized carbons (Fsp3) is 0.385. The summed E-state index contributed by atoms with van der Waals surface area (Å²) in [5, 5.41) is 3.37. The molecule has 0 aliphatic heterocycles. The first-order chi connectivity index (χ1) is 7.72.